The van der Waals surface area contributed by atoms with Crippen LogP contribution in [0.15, 0.2) is 48.7 Å². The Bertz CT molecular complexity index is 880. The van der Waals surface area contributed by atoms with E-state index in [0.29, 0.717) is 49.7 Å². The Morgan fingerprint density at radius 1 is 1.10 bits per heavy atom. The van der Waals surface area contributed by atoms with Gasteiger partial charge in [-0.2, -0.15) is 0 Å². The predicted molar refractivity (Wildman–Crippen MR) is 112 cm³/mol. The largest absolute Gasteiger partial charge is 0.493 e. The summed E-state index contributed by atoms with van der Waals surface area (Å²) in [5.74, 6) is 0.254. The molecule has 8 nitrogen and oxygen atoms in total. The Morgan fingerprint density at radius 2 is 1.83 bits per heavy atom. The SMILES string of the molecule is CCOc1ccccc1C(=O)NCC(=O)N1CCC(C(=O)Nc2ccccn2)CC1. The van der Waals surface area contributed by atoms with Crippen molar-refractivity contribution in [2.75, 3.05) is 31.6 Å². The van der Waals surface area contributed by atoms with Gasteiger partial charge >= 0.3 is 0 Å². The Labute approximate surface area is 175 Å². The van der Waals surface area contributed by atoms with Gasteiger partial charge in [0.05, 0.1) is 18.7 Å². The molecule has 1 aromatic heterocycles. The lowest BCUT2D eigenvalue weighted by molar-refractivity contribution is -0.133. The summed E-state index contributed by atoms with van der Waals surface area (Å²) in [5, 5.41) is 5.47. The summed E-state index contributed by atoms with van der Waals surface area (Å²) in [5.41, 5.74) is 0.400. The van der Waals surface area contributed by atoms with Gasteiger partial charge in [-0.05, 0) is 44.0 Å². The summed E-state index contributed by atoms with van der Waals surface area (Å²) in [7, 11) is 0. The first kappa shape index (κ1) is 21.3. The van der Waals surface area contributed by atoms with E-state index in [2.05, 4.69) is 15.6 Å². The summed E-state index contributed by atoms with van der Waals surface area (Å²) >= 11 is 0. The van der Waals surface area contributed by atoms with Gasteiger partial charge in [-0.1, -0.05) is 18.2 Å². The Hall–Kier alpha value is -3.42. The summed E-state index contributed by atoms with van der Waals surface area (Å²) in [6.07, 6.45) is 2.77. The molecule has 2 N–H and O–H groups in total. The van der Waals surface area contributed by atoms with Crippen molar-refractivity contribution in [1.29, 1.82) is 0 Å². The van der Waals surface area contributed by atoms with E-state index in [9.17, 15) is 14.4 Å². The van der Waals surface area contributed by atoms with Crippen LogP contribution in [0.4, 0.5) is 5.82 Å². The first-order chi connectivity index (χ1) is 14.6. The highest BCUT2D eigenvalue weighted by atomic mass is 16.5. The molecule has 0 radical (unpaired) electrons. The number of benzene rings is 1. The number of nitrogens with zero attached hydrogens (tertiary/aromatic N) is 2. The molecule has 158 valence electrons. The van der Waals surface area contributed by atoms with Crippen LogP contribution in [0.3, 0.4) is 0 Å². The highest BCUT2D eigenvalue weighted by Crippen LogP contribution is 2.20. The number of carbonyl (C=O) groups excluding carboxylic acids is 3. The second-order valence-electron chi connectivity index (χ2n) is 6.97. The van der Waals surface area contributed by atoms with Gasteiger partial charge in [0.15, 0.2) is 0 Å². The van der Waals surface area contributed by atoms with Crippen molar-refractivity contribution < 1.29 is 19.1 Å². The van der Waals surface area contributed by atoms with Crippen LogP contribution < -0.4 is 15.4 Å². The molecule has 3 amide bonds. The lowest BCUT2D eigenvalue weighted by atomic mass is 9.96. The molecule has 0 aliphatic carbocycles. The van der Waals surface area contributed by atoms with Crippen LogP contribution in [0, 0.1) is 5.92 Å². The smallest absolute Gasteiger partial charge is 0.255 e. The molecule has 8 heteroatoms. The van der Waals surface area contributed by atoms with Crippen LogP contribution in [-0.2, 0) is 9.59 Å². The van der Waals surface area contributed by atoms with Crippen molar-refractivity contribution in [3.05, 3.63) is 54.2 Å². The lowest BCUT2D eigenvalue weighted by Gasteiger charge is -2.31. The minimum Gasteiger partial charge on any atom is -0.493 e. The first-order valence-corrected chi connectivity index (χ1v) is 10.1. The molecule has 3 rings (SSSR count). The van der Waals surface area contributed by atoms with Gasteiger partial charge in [-0.15, -0.1) is 0 Å². The molecule has 1 aromatic carbocycles. The second kappa shape index (κ2) is 10.4. The van der Waals surface area contributed by atoms with Crippen LogP contribution in [0.25, 0.3) is 0 Å². The highest BCUT2D eigenvalue weighted by Gasteiger charge is 2.27. The molecular weight excluding hydrogens is 384 g/mol. The summed E-state index contributed by atoms with van der Waals surface area (Å²) < 4.78 is 5.46. The monoisotopic (exact) mass is 410 g/mol. The number of anilines is 1. The van der Waals surface area contributed by atoms with Gasteiger partial charge in [0.1, 0.15) is 11.6 Å². The molecule has 1 aliphatic heterocycles. The molecule has 0 atom stereocenters. The minimum absolute atomic E-state index is 0.0818. The van der Waals surface area contributed by atoms with Crippen molar-refractivity contribution in [3.8, 4) is 5.75 Å². The fourth-order valence-electron chi connectivity index (χ4n) is 3.35. The third kappa shape index (κ3) is 5.56. The molecule has 1 fully saturated rings. The fraction of sp³-hybridized carbons (Fsp3) is 0.364. The number of carbonyl (C=O) groups is 3. The van der Waals surface area contributed by atoms with Crippen molar-refractivity contribution in [3.63, 3.8) is 0 Å². The third-order valence-electron chi connectivity index (χ3n) is 4.97. The summed E-state index contributed by atoms with van der Waals surface area (Å²) in [6.45, 7) is 3.16. The number of piperidine rings is 1. The molecular formula is C22H26N4O4. The van der Waals surface area contributed by atoms with E-state index < -0.39 is 0 Å². The molecule has 30 heavy (non-hydrogen) atoms. The van der Waals surface area contributed by atoms with E-state index in [1.165, 1.54) is 0 Å². The van der Waals surface area contributed by atoms with Crippen molar-refractivity contribution in [2.24, 2.45) is 5.92 Å². The quantitative estimate of drug-likeness (QED) is 0.728. The fourth-order valence-corrected chi connectivity index (χ4v) is 3.35. The van der Waals surface area contributed by atoms with Crippen molar-refractivity contribution in [1.82, 2.24) is 15.2 Å². The molecule has 1 saturated heterocycles. The minimum atomic E-state index is -0.350. The maximum absolute atomic E-state index is 12.5. The van der Waals surface area contributed by atoms with Gasteiger partial charge in [0.25, 0.3) is 5.91 Å². The molecule has 2 heterocycles. The topological polar surface area (TPSA) is 101 Å². The zero-order valence-electron chi connectivity index (χ0n) is 17.0. The number of hydrogen-bond acceptors (Lipinski definition) is 5. The predicted octanol–water partition coefficient (Wildman–Crippen LogP) is 2.09. The molecule has 0 unspecified atom stereocenters. The molecule has 0 saturated carbocycles. The average molecular weight is 410 g/mol. The number of para-hydroxylation sites is 1. The van der Waals surface area contributed by atoms with Crippen LogP contribution in [0.5, 0.6) is 5.75 Å². The zero-order valence-corrected chi connectivity index (χ0v) is 17.0. The van der Waals surface area contributed by atoms with E-state index in [-0.39, 0.29) is 30.2 Å². The lowest BCUT2D eigenvalue weighted by Crippen LogP contribution is -2.45. The zero-order chi connectivity index (χ0) is 21.3. The standard InChI is InChI=1S/C22H26N4O4/c1-2-30-18-8-4-3-7-17(18)22(29)24-15-20(27)26-13-10-16(11-14-26)21(28)25-19-9-5-6-12-23-19/h3-9,12,16H,2,10-11,13-15H2,1H3,(H,24,29)(H,23,25,28). The van der Waals surface area contributed by atoms with Crippen LogP contribution >= 0.6 is 0 Å². The van der Waals surface area contributed by atoms with E-state index in [0.717, 1.165) is 0 Å². The number of ether oxygens (including phenoxy) is 1. The Kier molecular flexibility index (Phi) is 7.37. The molecule has 0 spiro atoms. The number of nitrogens with one attached hydrogen (secondary N) is 2. The number of likely N-dealkylation sites (tertiary alicyclic amines) is 1. The molecule has 0 bridgehead atoms. The number of rotatable bonds is 7. The highest BCUT2D eigenvalue weighted by molar-refractivity contribution is 5.98. The number of aromatic nitrogens is 1. The van der Waals surface area contributed by atoms with E-state index in [4.69, 9.17) is 4.74 Å². The maximum Gasteiger partial charge on any atom is 0.255 e. The van der Waals surface area contributed by atoms with Gasteiger partial charge in [-0.25, -0.2) is 4.98 Å². The second-order valence-corrected chi connectivity index (χ2v) is 6.97. The first-order valence-electron chi connectivity index (χ1n) is 10.1. The normalized spacial score (nSPS) is 14.1. The summed E-state index contributed by atoms with van der Waals surface area (Å²) in [4.78, 5) is 43.1. The van der Waals surface area contributed by atoms with Gasteiger partial charge < -0.3 is 20.3 Å². The Balaban J connectivity index is 1.45. The van der Waals surface area contributed by atoms with E-state index >= 15 is 0 Å². The van der Waals surface area contributed by atoms with Gasteiger partial charge in [0, 0.05) is 25.2 Å². The molecule has 1 aliphatic rings. The van der Waals surface area contributed by atoms with Crippen LogP contribution in [0.2, 0.25) is 0 Å². The van der Waals surface area contributed by atoms with E-state index in [1.807, 2.05) is 13.0 Å². The number of hydrogen-bond donors (Lipinski definition) is 2. The number of amides is 3. The van der Waals surface area contributed by atoms with Crippen molar-refractivity contribution in [2.45, 2.75) is 19.8 Å². The van der Waals surface area contributed by atoms with Crippen LogP contribution in [-0.4, -0.2) is 53.8 Å². The Morgan fingerprint density at radius 3 is 2.53 bits per heavy atom. The van der Waals surface area contributed by atoms with E-state index in [1.54, 1.807) is 47.5 Å². The number of pyridine rings is 1. The third-order valence-corrected chi connectivity index (χ3v) is 4.97. The average Bonchev–Trinajstić information content (AvgIpc) is 2.78. The van der Waals surface area contributed by atoms with Gasteiger partial charge in [0.2, 0.25) is 11.8 Å². The summed E-state index contributed by atoms with van der Waals surface area (Å²) in [6, 6.07) is 12.3. The van der Waals surface area contributed by atoms with Gasteiger partial charge in [-0.3, -0.25) is 14.4 Å². The molecule has 2 aromatic rings. The maximum atomic E-state index is 12.5. The van der Waals surface area contributed by atoms with Crippen LogP contribution in [0.1, 0.15) is 30.1 Å². The van der Waals surface area contributed by atoms with Crippen molar-refractivity contribution >= 4 is 23.5 Å².